The van der Waals surface area contributed by atoms with Crippen molar-refractivity contribution in [2.75, 3.05) is 0 Å². The minimum absolute atomic E-state index is 0.139. The Morgan fingerprint density at radius 2 is 1.93 bits per heavy atom. The van der Waals surface area contributed by atoms with E-state index in [0.29, 0.717) is 17.8 Å². The van der Waals surface area contributed by atoms with Gasteiger partial charge in [-0.1, -0.05) is 6.07 Å². The normalized spacial score (nSPS) is 16.3. The molecule has 0 heterocycles. The first kappa shape index (κ1) is 18.4. The second kappa shape index (κ2) is 7.55. The molecule has 2 saturated carbocycles. The predicted molar refractivity (Wildman–Crippen MR) is 107 cm³/mol. The minimum atomic E-state index is -0.480. The number of carbonyl (C=O) groups excluding carboxylic acids is 1. The molecule has 0 radical (unpaired) electrons. The highest BCUT2D eigenvalue weighted by molar-refractivity contribution is 7.98. The van der Waals surface area contributed by atoms with Crippen LogP contribution in [0.2, 0.25) is 0 Å². The summed E-state index contributed by atoms with van der Waals surface area (Å²) >= 11 is 1.41. The largest absolute Gasteiger partial charge is 0.489 e. The molecule has 0 aliphatic heterocycles. The fourth-order valence-electron chi connectivity index (χ4n) is 3.05. The number of amides is 1. The first-order valence-electron chi connectivity index (χ1n) is 9.49. The van der Waals surface area contributed by atoms with Crippen LogP contribution in [0.3, 0.4) is 0 Å². The first-order chi connectivity index (χ1) is 13.0. The summed E-state index contributed by atoms with van der Waals surface area (Å²) in [6.07, 6.45) is 4.41. The first-order valence-corrected chi connectivity index (χ1v) is 10.4. The van der Waals surface area contributed by atoms with E-state index >= 15 is 0 Å². The molecular formula is C22H24FNO2S. The SMILES string of the molecule is Cc1ccc(OCc2cc(F)c(C(=O)NSC3CC3)cc2C2CC2)cc1C. The van der Waals surface area contributed by atoms with Gasteiger partial charge in [-0.2, -0.15) is 0 Å². The smallest absolute Gasteiger partial charge is 0.264 e. The van der Waals surface area contributed by atoms with Crippen LogP contribution in [0.1, 0.15) is 64.2 Å². The maximum Gasteiger partial charge on any atom is 0.264 e. The van der Waals surface area contributed by atoms with E-state index in [1.54, 1.807) is 6.07 Å². The zero-order valence-electron chi connectivity index (χ0n) is 15.7. The number of ether oxygens (including phenoxy) is 1. The number of halogens is 1. The van der Waals surface area contributed by atoms with E-state index in [-0.39, 0.29) is 11.5 Å². The van der Waals surface area contributed by atoms with Crippen LogP contribution in [-0.4, -0.2) is 11.2 Å². The van der Waals surface area contributed by atoms with E-state index in [2.05, 4.69) is 11.6 Å². The molecule has 2 aliphatic carbocycles. The van der Waals surface area contributed by atoms with E-state index < -0.39 is 5.82 Å². The van der Waals surface area contributed by atoms with Crippen LogP contribution in [0.25, 0.3) is 0 Å². The van der Waals surface area contributed by atoms with Gasteiger partial charge in [0, 0.05) is 5.25 Å². The fourth-order valence-corrected chi connectivity index (χ4v) is 3.80. The number of hydrogen-bond donors (Lipinski definition) is 1. The number of carbonyl (C=O) groups is 1. The van der Waals surface area contributed by atoms with Crippen molar-refractivity contribution in [1.29, 1.82) is 0 Å². The van der Waals surface area contributed by atoms with Gasteiger partial charge in [0.2, 0.25) is 0 Å². The maximum atomic E-state index is 14.6. The molecule has 0 aromatic heterocycles. The van der Waals surface area contributed by atoms with Crippen LogP contribution in [-0.2, 0) is 6.61 Å². The zero-order chi connectivity index (χ0) is 19.0. The molecule has 1 N–H and O–H groups in total. The molecule has 0 atom stereocenters. The third kappa shape index (κ3) is 4.46. The second-order valence-corrected chi connectivity index (χ2v) is 8.69. The molecule has 27 heavy (non-hydrogen) atoms. The third-order valence-electron chi connectivity index (χ3n) is 5.21. The molecule has 0 unspecified atom stereocenters. The highest BCUT2D eigenvalue weighted by Gasteiger charge is 2.29. The Kier molecular flexibility index (Phi) is 5.13. The Balaban J connectivity index is 1.52. The van der Waals surface area contributed by atoms with Gasteiger partial charge in [-0.25, -0.2) is 4.39 Å². The van der Waals surface area contributed by atoms with Gasteiger partial charge in [-0.3, -0.25) is 9.52 Å². The molecular weight excluding hydrogens is 361 g/mol. The second-order valence-electron chi connectivity index (χ2n) is 7.59. The number of nitrogens with one attached hydrogen (secondary N) is 1. The molecule has 2 aromatic rings. The van der Waals surface area contributed by atoms with Crippen LogP contribution in [0.5, 0.6) is 5.75 Å². The van der Waals surface area contributed by atoms with Gasteiger partial charge in [0.1, 0.15) is 18.2 Å². The summed E-state index contributed by atoms with van der Waals surface area (Å²) < 4.78 is 23.3. The van der Waals surface area contributed by atoms with E-state index in [1.165, 1.54) is 29.1 Å². The molecule has 4 rings (SSSR count). The van der Waals surface area contributed by atoms with Crippen molar-refractivity contribution in [1.82, 2.24) is 4.72 Å². The van der Waals surface area contributed by atoms with Crippen molar-refractivity contribution in [3.63, 3.8) is 0 Å². The molecule has 3 nitrogen and oxygen atoms in total. The lowest BCUT2D eigenvalue weighted by Crippen LogP contribution is -2.19. The fraction of sp³-hybridized carbons (Fsp3) is 0.409. The lowest BCUT2D eigenvalue weighted by atomic mass is 9.99. The van der Waals surface area contributed by atoms with Gasteiger partial charge in [-0.05, 0) is 104 Å². The number of hydrogen-bond acceptors (Lipinski definition) is 3. The van der Waals surface area contributed by atoms with Crippen molar-refractivity contribution in [3.05, 3.63) is 64.0 Å². The summed E-state index contributed by atoms with van der Waals surface area (Å²) in [6.45, 7) is 4.42. The molecule has 0 saturated heterocycles. The summed E-state index contributed by atoms with van der Waals surface area (Å²) in [5.74, 6) is 0.370. The van der Waals surface area contributed by atoms with E-state index in [1.807, 2.05) is 25.1 Å². The Hall–Kier alpha value is -2.01. The predicted octanol–water partition coefficient (Wildman–Crippen LogP) is 5.44. The van der Waals surface area contributed by atoms with E-state index in [9.17, 15) is 9.18 Å². The number of aryl methyl sites for hydroxylation is 2. The van der Waals surface area contributed by atoms with Crippen molar-refractivity contribution >= 4 is 17.9 Å². The molecule has 1 amide bonds. The molecule has 0 bridgehead atoms. The van der Waals surface area contributed by atoms with Gasteiger partial charge >= 0.3 is 0 Å². The molecule has 2 fully saturated rings. The van der Waals surface area contributed by atoms with Gasteiger partial charge < -0.3 is 4.74 Å². The van der Waals surface area contributed by atoms with E-state index in [4.69, 9.17) is 4.74 Å². The van der Waals surface area contributed by atoms with Crippen molar-refractivity contribution in [2.45, 2.75) is 57.3 Å². The summed E-state index contributed by atoms with van der Waals surface area (Å²) in [6, 6.07) is 9.17. The molecule has 2 aromatic carbocycles. The lowest BCUT2D eigenvalue weighted by molar-refractivity contribution is 0.0980. The van der Waals surface area contributed by atoms with Gasteiger partial charge in [0.15, 0.2) is 0 Å². The minimum Gasteiger partial charge on any atom is -0.489 e. The molecule has 142 valence electrons. The topological polar surface area (TPSA) is 38.3 Å². The zero-order valence-corrected chi connectivity index (χ0v) is 16.5. The quantitative estimate of drug-likeness (QED) is 0.645. The highest BCUT2D eigenvalue weighted by Crippen LogP contribution is 2.43. The number of rotatable bonds is 7. The van der Waals surface area contributed by atoms with E-state index in [0.717, 1.165) is 42.6 Å². The highest BCUT2D eigenvalue weighted by atomic mass is 32.2. The van der Waals surface area contributed by atoms with Crippen molar-refractivity contribution in [2.24, 2.45) is 0 Å². The Morgan fingerprint density at radius 3 is 2.59 bits per heavy atom. The standard InChI is InChI=1S/C22H24FNO2S/c1-13-3-6-17(9-14(13)2)26-12-16-10-21(23)20(11-19(16)15-4-5-15)22(25)24-27-18-7-8-18/h3,6,9-11,15,18H,4-5,7-8,12H2,1-2H3,(H,24,25). The van der Waals surface area contributed by atoms with Gasteiger partial charge in [-0.15, -0.1) is 0 Å². The monoisotopic (exact) mass is 385 g/mol. The Morgan fingerprint density at radius 1 is 1.15 bits per heavy atom. The Bertz CT molecular complexity index is 875. The van der Waals surface area contributed by atoms with Crippen LogP contribution in [0, 0.1) is 19.7 Å². The summed E-state index contributed by atoms with van der Waals surface area (Å²) in [4.78, 5) is 12.3. The average Bonchev–Trinajstić information content (AvgIpc) is 3.54. The van der Waals surface area contributed by atoms with Crippen LogP contribution < -0.4 is 9.46 Å². The molecule has 2 aliphatic rings. The Labute approximate surface area is 163 Å². The van der Waals surface area contributed by atoms with Gasteiger partial charge in [0.25, 0.3) is 5.91 Å². The summed E-state index contributed by atoms with van der Waals surface area (Å²) in [7, 11) is 0. The van der Waals surface area contributed by atoms with Crippen molar-refractivity contribution in [3.8, 4) is 5.75 Å². The van der Waals surface area contributed by atoms with Gasteiger partial charge in [0.05, 0.1) is 5.56 Å². The van der Waals surface area contributed by atoms with Crippen molar-refractivity contribution < 1.29 is 13.9 Å². The lowest BCUT2D eigenvalue weighted by Gasteiger charge is -2.14. The van der Waals surface area contributed by atoms with Crippen LogP contribution in [0.4, 0.5) is 4.39 Å². The van der Waals surface area contributed by atoms with Crippen LogP contribution in [0.15, 0.2) is 30.3 Å². The summed E-state index contributed by atoms with van der Waals surface area (Å²) in [5, 5.41) is 0.491. The molecule has 0 spiro atoms. The average molecular weight is 386 g/mol. The third-order valence-corrected chi connectivity index (χ3v) is 6.31. The van der Waals surface area contributed by atoms with Crippen LogP contribution >= 0.6 is 11.9 Å². The maximum absolute atomic E-state index is 14.6. The summed E-state index contributed by atoms with van der Waals surface area (Å²) in [5.41, 5.74) is 4.40. The molecule has 5 heteroatoms. The number of benzene rings is 2.